The average molecular weight is 447 g/mol. The number of hydrogen-bond acceptors (Lipinski definition) is 5. The van der Waals surface area contributed by atoms with Crippen molar-refractivity contribution in [1.29, 1.82) is 0 Å². The van der Waals surface area contributed by atoms with Crippen molar-refractivity contribution in [1.82, 2.24) is 20.5 Å². The summed E-state index contributed by atoms with van der Waals surface area (Å²) in [4.78, 5) is 55.8. The van der Waals surface area contributed by atoms with E-state index in [0.29, 0.717) is 29.0 Å². The van der Waals surface area contributed by atoms with Crippen LogP contribution in [-0.2, 0) is 16.1 Å². The number of benzene rings is 1. The van der Waals surface area contributed by atoms with E-state index in [9.17, 15) is 19.2 Å². The van der Waals surface area contributed by atoms with Gasteiger partial charge in [0.1, 0.15) is 6.04 Å². The summed E-state index contributed by atoms with van der Waals surface area (Å²) in [5.74, 6) is -0.858. The first-order valence-electron chi connectivity index (χ1n) is 11.5. The molecule has 1 saturated carbocycles. The van der Waals surface area contributed by atoms with Gasteiger partial charge >= 0.3 is 0 Å². The molecule has 1 saturated heterocycles. The van der Waals surface area contributed by atoms with Gasteiger partial charge in [-0.1, -0.05) is 18.9 Å². The van der Waals surface area contributed by atoms with Crippen LogP contribution in [0.2, 0.25) is 0 Å². The number of fused-ring (bicyclic) bond motifs is 1. The van der Waals surface area contributed by atoms with Crippen molar-refractivity contribution in [3.8, 4) is 0 Å². The summed E-state index contributed by atoms with van der Waals surface area (Å²) in [6, 6.07) is 9.96. The summed E-state index contributed by atoms with van der Waals surface area (Å²) in [6.45, 7) is 0.244. The van der Waals surface area contributed by atoms with Crippen molar-refractivity contribution >= 4 is 23.6 Å². The molecule has 2 fully saturated rings. The number of piperidine rings is 1. The molecule has 0 bridgehead atoms. The minimum absolute atomic E-state index is 0.156. The number of amides is 4. The standard InChI is InChI=1S/C25H26N4O4/c30-21-11-10-20(24(32)27-21)29-14-17-13-16(8-9-18(17)25(29)33)23(31)28-22(15-5-1-2-6-15)19-7-3-4-12-26-19/h3-4,7-9,12-13,15,20,22H,1-2,5-6,10-11,14H2,(H,28,31)(H,27,30,32)/t20?,22-/m0/s1. The minimum atomic E-state index is -0.671. The molecule has 8 heteroatoms. The van der Waals surface area contributed by atoms with E-state index in [1.807, 2.05) is 18.2 Å². The number of aromatic nitrogens is 1. The fraction of sp³-hybridized carbons (Fsp3) is 0.400. The monoisotopic (exact) mass is 446 g/mol. The van der Waals surface area contributed by atoms with E-state index in [1.165, 1.54) is 4.90 Å². The first-order chi connectivity index (χ1) is 16.0. The van der Waals surface area contributed by atoms with E-state index in [4.69, 9.17) is 0 Å². The zero-order valence-corrected chi connectivity index (χ0v) is 18.3. The van der Waals surface area contributed by atoms with Crippen molar-refractivity contribution in [2.75, 3.05) is 0 Å². The molecule has 0 radical (unpaired) electrons. The van der Waals surface area contributed by atoms with Crippen molar-refractivity contribution in [3.63, 3.8) is 0 Å². The van der Waals surface area contributed by atoms with Gasteiger partial charge in [0.25, 0.3) is 11.8 Å². The Labute approximate surface area is 191 Å². The predicted molar refractivity (Wildman–Crippen MR) is 119 cm³/mol. The first-order valence-corrected chi connectivity index (χ1v) is 11.5. The molecule has 3 aliphatic rings. The van der Waals surface area contributed by atoms with Gasteiger partial charge in [0.2, 0.25) is 11.8 Å². The van der Waals surface area contributed by atoms with Crippen LogP contribution in [0.15, 0.2) is 42.6 Å². The van der Waals surface area contributed by atoms with Gasteiger partial charge in [-0.15, -0.1) is 0 Å². The van der Waals surface area contributed by atoms with Crippen LogP contribution < -0.4 is 10.6 Å². The molecule has 2 atom stereocenters. The molecule has 1 aromatic carbocycles. The van der Waals surface area contributed by atoms with Gasteiger partial charge in [-0.05, 0) is 61.1 Å². The smallest absolute Gasteiger partial charge is 0.255 e. The summed E-state index contributed by atoms with van der Waals surface area (Å²) >= 11 is 0. The number of nitrogens with one attached hydrogen (secondary N) is 2. The fourth-order valence-corrected chi connectivity index (χ4v) is 5.22. The molecule has 170 valence electrons. The summed E-state index contributed by atoms with van der Waals surface area (Å²) in [5.41, 5.74) is 2.55. The number of nitrogens with zero attached hydrogens (tertiary/aromatic N) is 2. The SMILES string of the molecule is O=C1CCC(N2Cc3cc(C(=O)N[C@H](c4ccccn4)C4CCCC4)ccc3C2=O)C(=O)N1. The van der Waals surface area contributed by atoms with E-state index >= 15 is 0 Å². The molecule has 1 aliphatic carbocycles. The molecule has 33 heavy (non-hydrogen) atoms. The van der Waals surface area contributed by atoms with Crippen LogP contribution in [0, 0.1) is 5.92 Å². The quantitative estimate of drug-likeness (QED) is 0.686. The number of pyridine rings is 1. The predicted octanol–water partition coefficient (Wildman–Crippen LogP) is 2.50. The van der Waals surface area contributed by atoms with Gasteiger partial charge < -0.3 is 10.2 Å². The van der Waals surface area contributed by atoms with Gasteiger partial charge in [0.05, 0.1) is 11.7 Å². The van der Waals surface area contributed by atoms with E-state index < -0.39 is 11.9 Å². The van der Waals surface area contributed by atoms with Gasteiger partial charge in [-0.2, -0.15) is 0 Å². The third-order valence-corrected chi connectivity index (χ3v) is 6.95. The average Bonchev–Trinajstić information content (AvgIpc) is 3.46. The van der Waals surface area contributed by atoms with Crippen LogP contribution in [0.3, 0.4) is 0 Å². The minimum Gasteiger partial charge on any atom is -0.343 e. The molecule has 2 aromatic rings. The zero-order valence-electron chi connectivity index (χ0n) is 18.3. The summed E-state index contributed by atoms with van der Waals surface area (Å²) in [7, 11) is 0. The Kier molecular flexibility index (Phi) is 5.66. The van der Waals surface area contributed by atoms with E-state index in [0.717, 1.165) is 31.4 Å². The Hall–Kier alpha value is -3.55. The molecule has 4 amide bonds. The second kappa shape index (κ2) is 8.77. The highest BCUT2D eigenvalue weighted by atomic mass is 16.2. The van der Waals surface area contributed by atoms with Gasteiger partial charge in [-0.25, -0.2) is 0 Å². The van der Waals surface area contributed by atoms with E-state index in [1.54, 1.807) is 24.4 Å². The van der Waals surface area contributed by atoms with Gasteiger partial charge in [-0.3, -0.25) is 29.5 Å². The van der Waals surface area contributed by atoms with Gasteiger partial charge in [0.15, 0.2) is 0 Å². The fourth-order valence-electron chi connectivity index (χ4n) is 5.22. The Morgan fingerprint density at radius 1 is 1.09 bits per heavy atom. The van der Waals surface area contributed by atoms with Crippen LogP contribution in [0.1, 0.15) is 76.5 Å². The van der Waals surface area contributed by atoms with Crippen LogP contribution in [-0.4, -0.2) is 39.6 Å². The second-order valence-corrected chi connectivity index (χ2v) is 9.02. The first kappa shape index (κ1) is 21.3. The van der Waals surface area contributed by atoms with Crippen LogP contribution >= 0.6 is 0 Å². The Bertz CT molecular complexity index is 1110. The Balaban J connectivity index is 1.34. The molecule has 2 N–H and O–H groups in total. The maximum atomic E-state index is 13.2. The Morgan fingerprint density at radius 3 is 2.64 bits per heavy atom. The number of rotatable bonds is 5. The molecular weight excluding hydrogens is 420 g/mol. The maximum Gasteiger partial charge on any atom is 0.255 e. The maximum absolute atomic E-state index is 13.2. The molecule has 3 heterocycles. The number of imide groups is 1. The highest BCUT2D eigenvalue weighted by Gasteiger charge is 2.39. The molecule has 2 aliphatic heterocycles. The lowest BCUT2D eigenvalue weighted by molar-refractivity contribution is -0.136. The lowest BCUT2D eigenvalue weighted by Gasteiger charge is -2.29. The molecule has 1 unspecified atom stereocenters. The molecule has 1 aromatic heterocycles. The van der Waals surface area contributed by atoms with Gasteiger partial charge in [0, 0.05) is 30.3 Å². The number of hydrogen-bond donors (Lipinski definition) is 2. The second-order valence-electron chi connectivity index (χ2n) is 9.02. The van der Waals surface area contributed by atoms with E-state index in [-0.39, 0.29) is 36.7 Å². The van der Waals surface area contributed by atoms with Crippen LogP contribution in [0.4, 0.5) is 0 Å². The third-order valence-electron chi connectivity index (χ3n) is 6.95. The Morgan fingerprint density at radius 2 is 1.91 bits per heavy atom. The zero-order chi connectivity index (χ0) is 22.9. The third kappa shape index (κ3) is 4.13. The molecule has 8 nitrogen and oxygen atoms in total. The van der Waals surface area contributed by atoms with E-state index in [2.05, 4.69) is 15.6 Å². The highest BCUT2D eigenvalue weighted by Crippen LogP contribution is 2.35. The van der Waals surface area contributed by atoms with Crippen LogP contribution in [0.25, 0.3) is 0 Å². The molecule has 0 spiro atoms. The highest BCUT2D eigenvalue weighted by molar-refractivity contribution is 6.06. The topological polar surface area (TPSA) is 108 Å². The molecular formula is C25H26N4O4. The van der Waals surface area contributed by atoms with Crippen molar-refractivity contribution in [2.24, 2.45) is 5.92 Å². The number of carbonyl (C=O) groups excluding carboxylic acids is 4. The lowest BCUT2D eigenvalue weighted by atomic mass is 9.94. The van der Waals surface area contributed by atoms with Crippen molar-refractivity contribution in [2.45, 2.75) is 57.2 Å². The van der Waals surface area contributed by atoms with Crippen LogP contribution in [0.5, 0.6) is 0 Å². The number of carbonyl (C=O) groups is 4. The normalized spacial score (nSPS) is 21.6. The lowest BCUT2D eigenvalue weighted by Crippen LogP contribution is -2.52. The largest absolute Gasteiger partial charge is 0.343 e. The van der Waals surface area contributed by atoms with Crippen molar-refractivity contribution in [3.05, 3.63) is 65.0 Å². The summed E-state index contributed by atoms with van der Waals surface area (Å²) < 4.78 is 0. The summed E-state index contributed by atoms with van der Waals surface area (Å²) in [6.07, 6.45) is 6.68. The summed E-state index contributed by atoms with van der Waals surface area (Å²) in [5, 5.41) is 5.48. The molecule has 5 rings (SSSR count). The van der Waals surface area contributed by atoms with Crippen molar-refractivity contribution < 1.29 is 19.2 Å².